The summed E-state index contributed by atoms with van der Waals surface area (Å²) in [5.41, 5.74) is -2.14. The summed E-state index contributed by atoms with van der Waals surface area (Å²) in [4.78, 5) is 37.5. The van der Waals surface area contributed by atoms with Gasteiger partial charge in [0.15, 0.2) is 0 Å². The van der Waals surface area contributed by atoms with Crippen molar-refractivity contribution < 1.29 is 19.1 Å². The van der Waals surface area contributed by atoms with Gasteiger partial charge in [0.05, 0.1) is 12.0 Å². The highest BCUT2D eigenvalue weighted by molar-refractivity contribution is 6.04. The SMILES string of the molecule is CC1(C(=O)OCCC2CCCCC2)C[C@@]2(C)C[C@@](C)(C1)C(=O)NC2=O. The maximum absolute atomic E-state index is 12.8. The Hall–Kier alpha value is -1.39. The van der Waals surface area contributed by atoms with Crippen LogP contribution >= 0.6 is 0 Å². The first-order valence-corrected chi connectivity index (χ1v) is 9.70. The topological polar surface area (TPSA) is 72.5 Å². The third-order valence-corrected chi connectivity index (χ3v) is 6.64. The molecule has 2 amide bonds. The molecule has 2 saturated carbocycles. The van der Waals surface area contributed by atoms with Gasteiger partial charge in [0, 0.05) is 10.8 Å². The molecule has 3 rings (SSSR count). The number of hydrogen-bond acceptors (Lipinski definition) is 4. The van der Waals surface area contributed by atoms with E-state index in [0.29, 0.717) is 31.8 Å². The fourth-order valence-corrected chi connectivity index (χ4v) is 5.61. The molecule has 3 aliphatic rings. The Morgan fingerprint density at radius 2 is 1.56 bits per heavy atom. The molecule has 2 bridgehead atoms. The summed E-state index contributed by atoms with van der Waals surface area (Å²) in [6.07, 6.45) is 8.68. The maximum Gasteiger partial charge on any atom is 0.311 e. The number of carbonyl (C=O) groups is 3. The minimum atomic E-state index is -0.776. The van der Waals surface area contributed by atoms with Gasteiger partial charge in [-0.05, 0) is 38.5 Å². The van der Waals surface area contributed by atoms with Crippen molar-refractivity contribution in [2.45, 2.75) is 78.6 Å². The van der Waals surface area contributed by atoms with E-state index < -0.39 is 16.2 Å². The quantitative estimate of drug-likeness (QED) is 0.624. The second-order valence-electron chi connectivity index (χ2n) is 9.42. The molecular weight excluding hydrogens is 318 g/mol. The Morgan fingerprint density at radius 1 is 1.00 bits per heavy atom. The van der Waals surface area contributed by atoms with E-state index in [1.807, 2.05) is 20.8 Å². The Labute approximate surface area is 150 Å². The number of amides is 2. The van der Waals surface area contributed by atoms with Crippen LogP contribution < -0.4 is 5.32 Å². The fraction of sp³-hybridized carbons (Fsp3) is 0.850. The van der Waals surface area contributed by atoms with Gasteiger partial charge in [-0.3, -0.25) is 19.7 Å². The van der Waals surface area contributed by atoms with E-state index in [4.69, 9.17) is 4.74 Å². The van der Waals surface area contributed by atoms with Gasteiger partial charge in [-0.2, -0.15) is 0 Å². The van der Waals surface area contributed by atoms with Crippen LogP contribution in [0.25, 0.3) is 0 Å². The minimum absolute atomic E-state index is 0.247. The lowest BCUT2D eigenvalue weighted by Gasteiger charge is -2.52. The maximum atomic E-state index is 12.8. The first-order chi connectivity index (χ1) is 11.7. The third-order valence-electron chi connectivity index (χ3n) is 6.64. The zero-order valence-corrected chi connectivity index (χ0v) is 15.8. The molecule has 140 valence electrons. The van der Waals surface area contributed by atoms with Crippen molar-refractivity contribution in [1.82, 2.24) is 5.32 Å². The van der Waals surface area contributed by atoms with E-state index in [9.17, 15) is 14.4 Å². The zero-order valence-electron chi connectivity index (χ0n) is 15.8. The van der Waals surface area contributed by atoms with Crippen molar-refractivity contribution in [3.05, 3.63) is 0 Å². The highest BCUT2D eigenvalue weighted by atomic mass is 16.5. The molecule has 1 N–H and O–H groups in total. The molecule has 2 aliphatic carbocycles. The van der Waals surface area contributed by atoms with Crippen LogP contribution in [0, 0.1) is 22.2 Å². The van der Waals surface area contributed by atoms with Crippen molar-refractivity contribution >= 4 is 17.8 Å². The number of esters is 1. The van der Waals surface area contributed by atoms with Crippen LogP contribution in [0.4, 0.5) is 0 Å². The molecule has 3 atom stereocenters. The molecule has 1 saturated heterocycles. The lowest BCUT2D eigenvalue weighted by Crippen LogP contribution is -2.63. The molecule has 0 aromatic carbocycles. The molecule has 0 aromatic rings. The first kappa shape index (κ1) is 18.4. The average Bonchev–Trinajstić information content (AvgIpc) is 2.53. The van der Waals surface area contributed by atoms with E-state index in [1.165, 1.54) is 32.1 Å². The van der Waals surface area contributed by atoms with Crippen LogP contribution in [0.1, 0.15) is 78.6 Å². The van der Waals surface area contributed by atoms with Crippen LogP contribution in [-0.2, 0) is 19.1 Å². The zero-order chi connectivity index (χ0) is 18.3. The predicted octanol–water partition coefficient (Wildman–Crippen LogP) is 3.36. The molecular formula is C20H31NO4. The van der Waals surface area contributed by atoms with Crippen molar-refractivity contribution in [2.24, 2.45) is 22.2 Å². The van der Waals surface area contributed by atoms with E-state index in [0.717, 1.165) is 6.42 Å². The smallest absolute Gasteiger partial charge is 0.311 e. The van der Waals surface area contributed by atoms with Crippen molar-refractivity contribution in [3.8, 4) is 0 Å². The number of ether oxygens (including phenoxy) is 1. The molecule has 1 unspecified atom stereocenters. The number of carbonyl (C=O) groups excluding carboxylic acids is 3. The number of fused-ring (bicyclic) bond motifs is 2. The van der Waals surface area contributed by atoms with Gasteiger partial charge in [-0.25, -0.2) is 0 Å². The van der Waals surface area contributed by atoms with Crippen molar-refractivity contribution in [2.75, 3.05) is 6.61 Å². The summed E-state index contributed by atoms with van der Waals surface area (Å²) >= 11 is 0. The molecule has 25 heavy (non-hydrogen) atoms. The Kier molecular flexibility index (Phi) is 4.71. The monoisotopic (exact) mass is 349 g/mol. The van der Waals surface area contributed by atoms with Gasteiger partial charge < -0.3 is 4.74 Å². The van der Waals surface area contributed by atoms with E-state index in [-0.39, 0.29) is 17.8 Å². The van der Waals surface area contributed by atoms with Gasteiger partial charge in [0.1, 0.15) is 0 Å². The summed E-state index contributed by atoms with van der Waals surface area (Å²) in [6.45, 7) is 6.03. The largest absolute Gasteiger partial charge is 0.465 e. The number of piperidine rings is 1. The Bertz CT molecular complexity index is 552. The summed E-state index contributed by atoms with van der Waals surface area (Å²) in [6, 6.07) is 0. The molecule has 5 nitrogen and oxygen atoms in total. The predicted molar refractivity (Wildman–Crippen MR) is 93.5 cm³/mol. The van der Waals surface area contributed by atoms with Gasteiger partial charge in [0.25, 0.3) is 0 Å². The molecule has 0 spiro atoms. The van der Waals surface area contributed by atoms with Gasteiger partial charge in [-0.15, -0.1) is 0 Å². The Morgan fingerprint density at radius 3 is 2.12 bits per heavy atom. The van der Waals surface area contributed by atoms with Crippen LogP contribution in [-0.4, -0.2) is 24.4 Å². The first-order valence-electron chi connectivity index (χ1n) is 9.70. The van der Waals surface area contributed by atoms with Gasteiger partial charge in [-0.1, -0.05) is 46.0 Å². The summed E-state index contributed by atoms with van der Waals surface area (Å²) in [5.74, 6) is -0.0859. The summed E-state index contributed by atoms with van der Waals surface area (Å²) < 4.78 is 5.63. The molecule has 0 aromatic heterocycles. The van der Waals surface area contributed by atoms with Crippen LogP contribution in [0.15, 0.2) is 0 Å². The van der Waals surface area contributed by atoms with Crippen LogP contribution in [0.2, 0.25) is 0 Å². The highest BCUT2D eigenvalue weighted by Crippen LogP contribution is 2.56. The second kappa shape index (κ2) is 6.40. The number of rotatable bonds is 4. The summed E-state index contributed by atoms with van der Waals surface area (Å²) in [7, 11) is 0. The van der Waals surface area contributed by atoms with Crippen LogP contribution in [0.3, 0.4) is 0 Å². The van der Waals surface area contributed by atoms with Gasteiger partial charge >= 0.3 is 5.97 Å². The fourth-order valence-electron chi connectivity index (χ4n) is 5.61. The number of imide groups is 1. The molecule has 5 heteroatoms. The lowest BCUT2D eigenvalue weighted by molar-refractivity contribution is -0.174. The third kappa shape index (κ3) is 3.47. The molecule has 1 aliphatic heterocycles. The average molecular weight is 349 g/mol. The number of hydrogen-bond donors (Lipinski definition) is 1. The lowest BCUT2D eigenvalue weighted by atomic mass is 9.52. The van der Waals surface area contributed by atoms with E-state index in [1.54, 1.807) is 0 Å². The molecule has 0 radical (unpaired) electrons. The molecule has 1 heterocycles. The highest BCUT2D eigenvalue weighted by Gasteiger charge is 2.61. The van der Waals surface area contributed by atoms with E-state index >= 15 is 0 Å². The number of nitrogens with one attached hydrogen (secondary N) is 1. The van der Waals surface area contributed by atoms with Crippen molar-refractivity contribution in [1.29, 1.82) is 0 Å². The van der Waals surface area contributed by atoms with Gasteiger partial charge in [0.2, 0.25) is 11.8 Å². The normalized spacial score (nSPS) is 39.0. The summed E-state index contributed by atoms with van der Waals surface area (Å²) in [5, 5.41) is 2.50. The van der Waals surface area contributed by atoms with E-state index in [2.05, 4.69) is 5.32 Å². The second-order valence-corrected chi connectivity index (χ2v) is 9.42. The van der Waals surface area contributed by atoms with Crippen LogP contribution in [0.5, 0.6) is 0 Å². The van der Waals surface area contributed by atoms with Crippen molar-refractivity contribution in [3.63, 3.8) is 0 Å². The Balaban J connectivity index is 1.64. The standard InChI is InChI=1S/C20H31NO4/c1-18-11-19(2,16(23)21-15(18)22)13-20(3,12-18)17(24)25-10-9-14-7-5-4-6-8-14/h14H,4-13H2,1-3H3,(H,21,22,23)/t18-,19+,20?. The molecule has 3 fully saturated rings. The minimum Gasteiger partial charge on any atom is -0.465 e.